The van der Waals surface area contributed by atoms with Crippen molar-refractivity contribution in [3.63, 3.8) is 0 Å². The predicted octanol–water partition coefficient (Wildman–Crippen LogP) is 7.79. The summed E-state index contributed by atoms with van der Waals surface area (Å²) in [5, 5.41) is 24.8. The van der Waals surface area contributed by atoms with Gasteiger partial charge >= 0.3 is 12.2 Å². The number of fused-ring (bicyclic) bond motifs is 2. The van der Waals surface area contributed by atoms with Crippen molar-refractivity contribution in [3.8, 4) is 0 Å². The van der Waals surface area contributed by atoms with E-state index in [9.17, 15) is 29.4 Å². The second-order valence-electron chi connectivity index (χ2n) is 19.3. The summed E-state index contributed by atoms with van der Waals surface area (Å²) < 4.78 is 4.82. The highest BCUT2D eigenvalue weighted by Crippen LogP contribution is 2.48. The Balaban J connectivity index is 1.10. The average molecular weight is 890 g/mol. The lowest BCUT2D eigenvalue weighted by Gasteiger charge is -2.34. The normalized spacial score (nSPS) is 21.2. The third-order valence-corrected chi connectivity index (χ3v) is 13.9. The predicted molar refractivity (Wildman–Crippen MR) is 247 cm³/mol. The number of amides is 4. The molecule has 3 aromatic carbocycles. The van der Waals surface area contributed by atoms with Gasteiger partial charge in [0.25, 0.3) is 0 Å². The van der Waals surface area contributed by atoms with Crippen LogP contribution in [-0.2, 0) is 19.7 Å². The van der Waals surface area contributed by atoms with Crippen molar-refractivity contribution in [1.29, 1.82) is 0 Å². The Morgan fingerprint density at radius 1 is 0.723 bits per heavy atom. The number of ether oxygens (including phenoxy) is 1. The lowest BCUT2D eigenvalue weighted by molar-refractivity contribution is -0.136. The first-order valence-corrected chi connectivity index (χ1v) is 23.0. The first kappa shape index (κ1) is 45.4. The van der Waals surface area contributed by atoms with Crippen molar-refractivity contribution < 1.29 is 34.1 Å². The number of benzene rings is 3. The van der Waals surface area contributed by atoms with E-state index in [1.54, 1.807) is 4.90 Å². The van der Waals surface area contributed by atoms with E-state index in [4.69, 9.17) is 14.7 Å². The highest BCUT2D eigenvalue weighted by Gasteiger charge is 2.40. The molecule has 0 unspecified atom stereocenters. The fourth-order valence-corrected chi connectivity index (χ4v) is 10.2. The van der Waals surface area contributed by atoms with E-state index in [2.05, 4.69) is 80.1 Å². The minimum absolute atomic E-state index is 0.00453. The Bertz CT molecular complexity index is 2550. The number of methoxy groups -OCH3 is 1. The number of hydrogen-bond donors (Lipinski definition) is 6. The monoisotopic (exact) mass is 889 g/mol. The highest BCUT2D eigenvalue weighted by molar-refractivity contribution is 5.87. The number of rotatable bonds is 13. The van der Waals surface area contributed by atoms with E-state index in [1.165, 1.54) is 7.11 Å². The first-order valence-electron chi connectivity index (χ1n) is 23.0. The summed E-state index contributed by atoms with van der Waals surface area (Å²) >= 11 is 0. The molecule has 16 heteroatoms. The minimum Gasteiger partial charge on any atom is -0.465 e. The van der Waals surface area contributed by atoms with Crippen LogP contribution in [0.25, 0.3) is 22.1 Å². The molecule has 3 aliphatic rings. The molecule has 3 aliphatic heterocycles. The SMILES string of the molecule is COC(=O)N[C@H](C(=O)N1CCC[C@H]1c1nc2ccc([C@H]3CC[C@H](c4ccc5nc([C@@H]6CCCN6C(=O)[C@@H](NC(=O)O)C(C)C)[nH]c5c4)N3c3ccc(C(C)(C)CO)cc3)cc2[nH]1)C(C)C. The molecule has 5 heterocycles. The Morgan fingerprint density at radius 3 is 1.63 bits per heavy atom. The van der Waals surface area contributed by atoms with Gasteiger partial charge in [0, 0.05) is 24.2 Å². The Morgan fingerprint density at radius 2 is 1.20 bits per heavy atom. The zero-order valence-corrected chi connectivity index (χ0v) is 38.4. The van der Waals surface area contributed by atoms with Crippen LogP contribution in [0.5, 0.6) is 0 Å². The molecule has 5 aromatic rings. The van der Waals surface area contributed by atoms with E-state index in [-0.39, 0.29) is 54.4 Å². The van der Waals surface area contributed by atoms with Crippen molar-refractivity contribution in [2.45, 2.75) is 122 Å². The van der Waals surface area contributed by atoms with Crippen molar-refractivity contribution in [2.24, 2.45) is 11.8 Å². The van der Waals surface area contributed by atoms with Crippen LogP contribution in [0.2, 0.25) is 0 Å². The molecule has 0 radical (unpaired) electrons. The number of H-pyrrole nitrogens is 2. The lowest BCUT2D eigenvalue weighted by Crippen LogP contribution is -2.51. The van der Waals surface area contributed by atoms with Gasteiger partial charge in [0.2, 0.25) is 11.8 Å². The number of carbonyl (C=O) groups excluding carboxylic acids is 3. The summed E-state index contributed by atoms with van der Waals surface area (Å²) in [5.41, 5.74) is 7.33. The van der Waals surface area contributed by atoms with Crippen LogP contribution in [0.4, 0.5) is 15.3 Å². The van der Waals surface area contributed by atoms with Gasteiger partial charge in [-0.3, -0.25) is 9.59 Å². The van der Waals surface area contributed by atoms with Gasteiger partial charge in [-0.15, -0.1) is 0 Å². The van der Waals surface area contributed by atoms with Crippen LogP contribution in [0.3, 0.4) is 0 Å². The van der Waals surface area contributed by atoms with Gasteiger partial charge in [-0.25, -0.2) is 19.6 Å². The van der Waals surface area contributed by atoms with Crippen LogP contribution in [0.15, 0.2) is 60.7 Å². The summed E-state index contributed by atoms with van der Waals surface area (Å²) in [4.78, 5) is 74.5. The summed E-state index contributed by atoms with van der Waals surface area (Å²) in [5.74, 6) is 0.677. The van der Waals surface area contributed by atoms with E-state index in [0.29, 0.717) is 18.9 Å². The second-order valence-corrected chi connectivity index (χ2v) is 19.3. The number of alkyl carbamates (subject to hydrolysis) is 1. The highest BCUT2D eigenvalue weighted by atomic mass is 16.5. The minimum atomic E-state index is -1.22. The van der Waals surface area contributed by atoms with Gasteiger partial charge in [-0.05, 0) is 103 Å². The van der Waals surface area contributed by atoms with Crippen molar-refractivity contribution in [2.75, 3.05) is 31.7 Å². The van der Waals surface area contributed by atoms with Gasteiger partial charge in [0.15, 0.2) is 0 Å². The van der Waals surface area contributed by atoms with Crippen molar-refractivity contribution in [3.05, 3.63) is 89.0 Å². The van der Waals surface area contributed by atoms with Crippen LogP contribution in [-0.4, -0.2) is 103 Å². The molecule has 0 bridgehead atoms. The number of aliphatic hydroxyl groups excluding tert-OH is 1. The smallest absolute Gasteiger partial charge is 0.407 e. The molecular weight excluding hydrogens is 827 g/mol. The van der Waals surface area contributed by atoms with Gasteiger partial charge < -0.3 is 50.3 Å². The van der Waals surface area contributed by atoms with Crippen molar-refractivity contribution >= 4 is 51.8 Å². The molecule has 65 heavy (non-hydrogen) atoms. The maximum atomic E-state index is 13.9. The number of nitrogens with zero attached hydrogens (tertiary/aromatic N) is 5. The molecule has 6 atom stereocenters. The molecular formula is C49H63N9O7. The number of aliphatic hydroxyl groups is 1. The molecule has 3 fully saturated rings. The molecule has 346 valence electrons. The van der Waals surface area contributed by atoms with E-state index >= 15 is 0 Å². The van der Waals surface area contributed by atoms with Crippen LogP contribution in [0.1, 0.15) is 133 Å². The zero-order valence-electron chi connectivity index (χ0n) is 38.4. The summed E-state index contributed by atoms with van der Waals surface area (Å²) in [6.07, 6.45) is 3.00. The topological polar surface area (TPSA) is 209 Å². The van der Waals surface area contributed by atoms with Gasteiger partial charge in [0.05, 0.1) is 60.0 Å². The molecule has 4 amide bonds. The maximum absolute atomic E-state index is 13.9. The molecule has 2 aromatic heterocycles. The number of imidazole rings is 2. The fourth-order valence-electron chi connectivity index (χ4n) is 10.2. The van der Waals surface area contributed by atoms with E-state index < -0.39 is 29.7 Å². The third-order valence-electron chi connectivity index (χ3n) is 13.9. The van der Waals surface area contributed by atoms with Gasteiger partial charge in [-0.2, -0.15) is 0 Å². The number of aromatic amines is 2. The molecule has 0 saturated carbocycles. The number of aromatic nitrogens is 4. The number of hydrogen-bond acceptors (Lipinski definition) is 9. The molecule has 3 saturated heterocycles. The van der Waals surface area contributed by atoms with E-state index in [1.807, 2.05) is 52.5 Å². The molecule has 16 nitrogen and oxygen atoms in total. The standard InChI is InChI=1S/C49H63N9O7/c1-27(2)41(54-47(62)63)45(60)56-22-8-10-39(56)43-50-33-18-12-29(24-35(33)52-43)37-20-21-38(58(37)32-16-14-31(15-17-32)49(5,6)26-59)30-13-19-34-36(25-30)53-44(51-34)40-11-9-23-57(40)46(61)42(28(3)4)55-48(64)65-7/h12-19,24-25,27-28,37-42,54,59H,8-11,20-23,26H2,1-7H3,(H,50,52)(H,51,53)(H,55,64)(H,62,63)/t37-,38-,39+,40+,41+,42+/m1/s1. The maximum Gasteiger partial charge on any atom is 0.407 e. The summed E-state index contributed by atoms with van der Waals surface area (Å²) in [7, 11) is 1.29. The Kier molecular flexibility index (Phi) is 12.8. The largest absolute Gasteiger partial charge is 0.465 e. The van der Waals surface area contributed by atoms with Crippen molar-refractivity contribution in [1.82, 2.24) is 40.4 Å². The molecule has 0 spiro atoms. The quantitative estimate of drug-likeness (QED) is 0.0676. The average Bonchev–Trinajstić information content (AvgIpc) is 4.15. The zero-order chi connectivity index (χ0) is 46.3. The van der Waals surface area contributed by atoms with Gasteiger partial charge in [-0.1, -0.05) is 65.8 Å². The second kappa shape index (κ2) is 18.4. The number of carbonyl (C=O) groups is 4. The molecule has 6 N–H and O–H groups in total. The molecule has 8 rings (SSSR count). The number of anilines is 1. The first-order chi connectivity index (χ1) is 31.1. The lowest BCUT2D eigenvalue weighted by atomic mass is 9.85. The summed E-state index contributed by atoms with van der Waals surface area (Å²) in [6.45, 7) is 12.7. The fraction of sp³-hybridized carbons (Fsp3) is 0.510. The summed E-state index contributed by atoms with van der Waals surface area (Å²) in [6, 6.07) is 19.1. The van der Waals surface area contributed by atoms with Crippen LogP contribution in [0, 0.1) is 11.8 Å². The Labute approximate surface area is 379 Å². The number of carboxylic acid groups (broad SMARTS) is 1. The van der Waals surface area contributed by atoms with Gasteiger partial charge in [0.1, 0.15) is 23.7 Å². The number of nitrogens with one attached hydrogen (secondary N) is 4. The Hall–Kier alpha value is -6.16. The van der Waals surface area contributed by atoms with Crippen LogP contribution < -0.4 is 15.5 Å². The van der Waals surface area contributed by atoms with Crippen LogP contribution >= 0.6 is 0 Å². The molecule has 0 aliphatic carbocycles. The third kappa shape index (κ3) is 8.96. The van der Waals surface area contributed by atoms with E-state index in [0.717, 1.165) is 88.8 Å². The number of likely N-dealkylation sites (tertiary alicyclic amines) is 2.